The van der Waals surface area contributed by atoms with Crippen LogP contribution in [0.15, 0.2) is 18.2 Å². The van der Waals surface area contributed by atoms with Crippen LogP contribution in [-0.4, -0.2) is 12.4 Å². The lowest BCUT2D eigenvalue weighted by Crippen LogP contribution is -1.96. The number of rotatable bonds is 7. The Morgan fingerprint density at radius 3 is 2.61 bits per heavy atom. The second-order valence-electron chi connectivity index (χ2n) is 3.36. The molecule has 0 aliphatic rings. The molecule has 0 heterocycles. The van der Waals surface area contributed by atoms with E-state index in [-0.39, 0.29) is 0 Å². The van der Waals surface area contributed by atoms with Gasteiger partial charge in [-0.05, 0) is 42.9 Å². The zero-order valence-electron chi connectivity index (χ0n) is 10.2. The van der Waals surface area contributed by atoms with E-state index in [0.717, 1.165) is 6.42 Å². The van der Waals surface area contributed by atoms with Crippen LogP contribution < -0.4 is 4.52 Å². The molecule has 0 radical (unpaired) electrons. The minimum absolute atomic E-state index is 0.319. The highest BCUT2D eigenvalue weighted by Gasteiger charge is 2.27. The molecule has 0 fully saturated rings. The van der Waals surface area contributed by atoms with Gasteiger partial charge in [0, 0.05) is 10.8 Å². The van der Waals surface area contributed by atoms with Crippen molar-refractivity contribution in [1.29, 1.82) is 0 Å². The Morgan fingerprint density at radius 2 is 2.06 bits per heavy atom. The summed E-state index contributed by atoms with van der Waals surface area (Å²) in [4.78, 5) is 0. The van der Waals surface area contributed by atoms with E-state index in [1.165, 1.54) is 11.4 Å². The molecule has 1 aromatic carbocycles. The van der Waals surface area contributed by atoms with Crippen LogP contribution in [0.25, 0.3) is 0 Å². The molecule has 102 valence electrons. The maximum absolute atomic E-state index is 12.4. The lowest BCUT2D eigenvalue weighted by Gasteiger charge is -2.18. The van der Waals surface area contributed by atoms with Crippen molar-refractivity contribution in [2.45, 2.75) is 20.3 Å². The van der Waals surface area contributed by atoms with Gasteiger partial charge in [0.1, 0.15) is 5.75 Å². The molecule has 0 aliphatic carbocycles. The van der Waals surface area contributed by atoms with Gasteiger partial charge in [0.2, 0.25) is 0 Å². The van der Waals surface area contributed by atoms with Crippen LogP contribution in [0, 0.1) is 0 Å². The first kappa shape index (κ1) is 16.2. The maximum Gasteiger partial charge on any atom is 0.440 e. The van der Waals surface area contributed by atoms with Gasteiger partial charge in [-0.15, -0.1) is 0 Å². The molecule has 3 nitrogen and oxygen atoms in total. The minimum atomic E-state index is -3.21. The number of hydrogen-bond acceptors (Lipinski definition) is 4. The third kappa shape index (κ3) is 5.02. The first-order chi connectivity index (χ1) is 8.50. The average Bonchev–Trinajstić information content (AvgIpc) is 2.31. The van der Waals surface area contributed by atoms with Crippen molar-refractivity contribution in [3.63, 3.8) is 0 Å². The van der Waals surface area contributed by atoms with Crippen LogP contribution in [0.3, 0.4) is 0 Å². The monoisotopic (exact) mass is 328 g/mol. The minimum Gasteiger partial charge on any atom is -0.415 e. The molecule has 1 atom stereocenters. The third-order valence-electron chi connectivity index (χ3n) is 1.84. The average molecular weight is 329 g/mol. The van der Waals surface area contributed by atoms with Crippen LogP contribution in [0.4, 0.5) is 0 Å². The van der Waals surface area contributed by atoms with Crippen molar-refractivity contribution < 1.29 is 13.6 Å². The summed E-state index contributed by atoms with van der Waals surface area (Å²) in [7, 11) is 0. The summed E-state index contributed by atoms with van der Waals surface area (Å²) in [6.45, 7) is 0.876. The van der Waals surface area contributed by atoms with Crippen molar-refractivity contribution in [3.8, 4) is 5.75 Å². The number of halogens is 2. The quantitative estimate of drug-likeness (QED) is 0.605. The topological polar surface area (TPSA) is 35.5 Å². The smallest absolute Gasteiger partial charge is 0.415 e. The van der Waals surface area contributed by atoms with Crippen LogP contribution >= 0.6 is 41.4 Å². The molecule has 0 aromatic heterocycles. The highest BCUT2D eigenvalue weighted by atomic mass is 35.5. The molecule has 7 heteroatoms. The van der Waals surface area contributed by atoms with Crippen molar-refractivity contribution in [1.82, 2.24) is 0 Å². The standard InChI is InChI=1S/C11H15Cl2O3PS/c1-3-7-18-17(14,15-4-2)16-11-6-5-9(12)8-10(11)13/h5-6,8H,3-4,7H2,1-2H3. The summed E-state index contributed by atoms with van der Waals surface area (Å²) < 4.78 is 23.1. The second-order valence-corrected chi connectivity index (χ2v) is 8.33. The summed E-state index contributed by atoms with van der Waals surface area (Å²) in [5.74, 6) is 1.02. The Kier molecular flexibility index (Phi) is 6.89. The first-order valence-electron chi connectivity index (χ1n) is 5.54. The van der Waals surface area contributed by atoms with Crippen molar-refractivity contribution in [3.05, 3.63) is 28.2 Å². The molecule has 0 N–H and O–H groups in total. The van der Waals surface area contributed by atoms with Crippen LogP contribution in [-0.2, 0) is 9.09 Å². The van der Waals surface area contributed by atoms with Gasteiger partial charge in [-0.25, -0.2) is 4.57 Å². The normalized spacial score (nSPS) is 14.2. The molecule has 0 saturated carbocycles. The van der Waals surface area contributed by atoms with Crippen LogP contribution in [0.1, 0.15) is 20.3 Å². The highest BCUT2D eigenvalue weighted by molar-refractivity contribution is 8.55. The molecule has 1 aromatic rings. The van der Waals surface area contributed by atoms with E-state index in [1.54, 1.807) is 25.1 Å². The number of benzene rings is 1. The second kappa shape index (κ2) is 7.66. The van der Waals surface area contributed by atoms with Crippen LogP contribution in [0.2, 0.25) is 10.0 Å². The fourth-order valence-electron chi connectivity index (χ4n) is 1.12. The summed E-state index contributed by atoms with van der Waals surface area (Å²) in [5.41, 5.74) is 0. The Morgan fingerprint density at radius 1 is 1.33 bits per heavy atom. The molecule has 18 heavy (non-hydrogen) atoms. The third-order valence-corrected chi connectivity index (χ3v) is 6.31. The largest absolute Gasteiger partial charge is 0.440 e. The fourth-order valence-corrected chi connectivity index (χ4v) is 5.08. The predicted molar refractivity (Wildman–Crippen MR) is 79.1 cm³/mol. The molecule has 0 spiro atoms. The van der Waals surface area contributed by atoms with Crippen molar-refractivity contribution in [2.24, 2.45) is 0 Å². The molecule has 0 amide bonds. The van der Waals surface area contributed by atoms with Gasteiger partial charge in [-0.2, -0.15) is 0 Å². The predicted octanol–water partition coefficient (Wildman–Crippen LogP) is 5.66. The lowest BCUT2D eigenvalue weighted by atomic mass is 10.3. The lowest BCUT2D eigenvalue weighted by molar-refractivity contribution is 0.296. The molecule has 1 unspecified atom stereocenters. The molecule has 1 rings (SSSR count). The Balaban J connectivity index is 2.85. The van der Waals surface area contributed by atoms with E-state index in [4.69, 9.17) is 32.2 Å². The Bertz CT molecular complexity index is 442. The Hall–Kier alpha value is 0.140. The fraction of sp³-hybridized carbons (Fsp3) is 0.455. The van der Waals surface area contributed by atoms with Gasteiger partial charge in [0.15, 0.2) is 0 Å². The van der Waals surface area contributed by atoms with Gasteiger partial charge >= 0.3 is 6.80 Å². The van der Waals surface area contributed by atoms with E-state index in [9.17, 15) is 4.57 Å². The summed E-state index contributed by atoms with van der Waals surface area (Å²) in [5, 5.41) is 0.819. The van der Waals surface area contributed by atoms with Crippen molar-refractivity contribution >= 4 is 41.4 Å². The molecular weight excluding hydrogens is 314 g/mol. The van der Waals surface area contributed by atoms with E-state index in [0.29, 0.717) is 28.2 Å². The highest BCUT2D eigenvalue weighted by Crippen LogP contribution is 2.60. The van der Waals surface area contributed by atoms with Gasteiger partial charge < -0.3 is 4.52 Å². The summed E-state index contributed by atoms with van der Waals surface area (Å²) >= 11 is 12.9. The van der Waals surface area contributed by atoms with E-state index >= 15 is 0 Å². The Labute approximate surface area is 121 Å². The molecule has 0 aliphatic heterocycles. The van der Waals surface area contributed by atoms with Crippen LogP contribution in [0.5, 0.6) is 5.75 Å². The van der Waals surface area contributed by atoms with E-state index < -0.39 is 6.80 Å². The molecule has 0 saturated heterocycles. The number of hydrogen-bond donors (Lipinski definition) is 0. The van der Waals surface area contributed by atoms with Gasteiger partial charge in [-0.1, -0.05) is 30.1 Å². The van der Waals surface area contributed by atoms with Gasteiger partial charge in [0.05, 0.1) is 11.6 Å². The van der Waals surface area contributed by atoms with E-state index in [2.05, 4.69) is 0 Å². The SMILES string of the molecule is CCCSP(=O)(OCC)Oc1ccc(Cl)cc1Cl. The first-order valence-corrected chi connectivity index (χ1v) is 9.43. The van der Waals surface area contributed by atoms with Gasteiger partial charge in [0.25, 0.3) is 0 Å². The van der Waals surface area contributed by atoms with Gasteiger partial charge in [-0.3, -0.25) is 4.52 Å². The summed E-state index contributed by atoms with van der Waals surface area (Å²) in [6.07, 6.45) is 0.888. The zero-order valence-corrected chi connectivity index (χ0v) is 13.4. The molecule has 0 bridgehead atoms. The van der Waals surface area contributed by atoms with Crippen molar-refractivity contribution in [2.75, 3.05) is 12.4 Å². The molecular formula is C11H15Cl2O3PS. The summed E-state index contributed by atoms with van der Waals surface area (Å²) in [6, 6.07) is 4.76. The van der Waals surface area contributed by atoms with E-state index in [1.807, 2.05) is 6.92 Å². The zero-order chi connectivity index (χ0) is 13.6. The maximum atomic E-state index is 12.4.